The molecule has 1 N–H and O–H groups in total. The second-order valence-corrected chi connectivity index (χ2v) is 7.36. The number of carbonyl (C=O) groups excluding carboxylic acids is 1. The topological polar surface area (TPSA) is 90.3 Å². The third kappa shape index (κ3) is 4.19. The van der Waals surface area contributed by atoms with E-state index in [-0.39, 0.29) is 11.4 Å². The van der Waals surface area contributed by atoms with Crippen molar-refractivity contribution in [3.8, 4) is 6.07 Å². The lowest BCUT2D eigenvalue weighted by Crippen LogP contribution is -2.34. The molecular weight excluding hydrogens is 326 g/mol. The van der Waals surface area contributed by atoms with Gasteiger partial charge in [0.15, 0.2) is 0 Å². The van der Waals surface area contributed by atoms with Crippen LogP contribution in [0.3, 0.4) is 0 Å². The van der Waals surface area contributed by atoms with Crippen LogP contribution in [-0.4, -0.2) is 32.2 Å². The molecule has 0 aliphatic rings. The van der Waals surface area contributed by atoms with Crippen LogP contribution in [0.15, 0.2) is 53.4 Å². The maximum atomic E-state index is 12.4. The van der Waals surface area contributed by atoms with Crippen LogP contribution < -0.4 is 5.32 Å². The minimum atomic E-state index is -3.74. The van der Waals surface area contributed by atoms with E-state index in [2.05, 4.69) is 5.32 Å². The van der Waals surface area contributed by atoms with Crippen molar-refractivity contribution in [2.24, 2.45) is 0 Å². The van der Waals surface area contributed by atoms with Crippen molar-refractivity contribution >= 4 is 21.6 Å². The molecule has 0 saturated carbocycles. The van der Waals surface area contributed by atoms with Gasteiger partial charge >= 0.3 is 0 Å². The number of sulfonamides is 1. The van der Waals surface area contributed by atoms with Gasteiger partial charge in [-0.15, -0.1) is 0 Å². The summed E-state index contributed by atoms with van der Waals surface area (Å²) >= 11 is 0. The first-order valence-corrected chi connectivity index (χ1v) is 8.60. The standard InChI is InChI=1S/C17H17N3O3S/c1-13-6-8-16(9-7-13)24(22,23)20(2)12-17(21)19-15-5-3-4-14(10-15)11-18/h3-10H,12H2,1-2H3,(H,19,21). The molecule has 0 heterocycles. The lowest BCUT2D eigenvalue weighted by Gasteiger charge is -2.17. The third-order valence-electron chi connectivity index (χ3n) is 3.37. The summed E-state index contributed by atoms with van der Waals surface area (Å²) in [5.74, 6) is -0.483. The van der Waals surface area contributed by atoms with E-state index in [9.17, 15) is 13.2 Å². The van der Waals surface area contributed by atoms with E-state index >= 15 is 0 Å². The number of anilines is 1. The highest BCUT2D eigenvalue weighted by atomic mass is 32.2. The third-order valence-corrected chi connectivity index (χ3v) is 5.19. The fourth-order valence-corrected chi connectivity index (χ4v) is 3.17. The fraction of sp³-hybridized carbons (Fsp3) is 0.176. The van der Waals surface area contributed by atoms with Crippen LogP contribution in [0.2, 0.25) is 0 Å². The summed E-state index contributed by atoms with van der Waals surface area (Å²) in [6.45, 7) is 1.54. The molecule has 0 radical (unpaired) electrons. The van der Waals surface area contributed by atoms with Gasteiger partial charge in [-0.25, -0.2) is 8.42 Å². The van der Waals surface area contributed by atoms with Gasteiger partial charge in [-0.05, 0) is 37.3 Å². The first kappa shape index (κ1) is 17.7. The molecule has 0 aliphatic heterocycles. The Morgan fingerprint density at radius 1 is 1.21 bits per heavy atom. The number of aryl methyl sites for hydroxylation is 1. The molecular formula is C17H17N3O3S. The van der Waals surface area contributed by atoms with Crippen molar-refractivity contribution in [2.75, 3.05) is 18.9 Å². The number of rotatable bonds is 5. The van der Waals surface area contributed by atoms with E-state index in [0.717, 1.165) is 9.87 Å². The number of hydrogen-bond acceptors (Lipinski definition) is 4. The molecule has 0 unspecified atom stereocenters. The number of nitrogens with one attached hydrogen (secondary N) is 1. The van der Waals surface area contributed by atoms with Crippen molar-refractivity contribution in [2.45, 2.75) is 11.8 Å². The van der Waals surface area contributed by atoms with E-state index < -0.39 is 15.9 Å². The number of nitrogens with zero attached hydrogens (tertiary/aromatic N) is 2. The van der Waals surface area contributed by atoms with E-state index in [4.69, 9.17) is 5.26 Å². The molecule has 0 atom stereocenters. The average Bonchev–Trinajstić information content (AvgIpc) is 2.55. The minimum absolute atomic E-state index is 0.134. The maximum Gasteiger partial charge on any atom is 0.243 e. The Bertz CT molecular complexity index is 884. The minimum Gasteiger partial charge on any atom is -0.325 e. The predicted molar refractivity (Wildman–Crippen MR) is 90.8 cm³/mol. The van der Waals surface area contributed by atoms with Gasteiger partial charge in [0.05, 0.1) is 23.1 Å². The monoisotopic (exact) mass is 343 g/mol. The highest BCUT2D eigenvalue weighted by Crippen LogP contribution is 2.15. The molecule has 2 aromatic rings. The molecule has 7 heteroatoms. The van der Waals surface area contributed by atoms with Crippen molar-refractivity contribution in [3.05, 3.63) is 59.7 Å². The molecule has 2 aromatic carbocycles. The second-order valence-electron chi connectivity index (χ2n) is 5.31. The van der Waals surface area contributed by atoms with Crippen molar-refractivity contribution in [1.82, 2.24) is 4.31 Å². The van der Waals surface area contributed by atoms with Gasteiger partial charge in [-0.1, -0.05) is 23.8 Å². The number of benzene rings is 2. The Hall–Kier alpha value is -2.69. The van der Waals surface area contributed by atoms with Crippen LogP contribution in [0.25, 0.3) is 0 Å². The van der Waals surface area contributed by atoms with Gasteiger partial charge < -0.3 is 5.32 Å². The highest BCUT2D eigenvalue weighted by Gasteiger charge is 2.22. The molecule has 1 amide bonds. The lowest BCUT2D eigenvalue weighted by molar-refractivity contribution is -0.116. The van der Waals surface area contributed by atoms with Crippen LogP contribution >= 0.6 is 0 Å². The summed E-state index contributed by atoms with van der Waals surface area (Å²) in [6.07, 6.45) is 0. The molecule has 0 bridgehead atoms. The summed E-state index contributed by atoms with van der Waals surface area (Å²) in [5.41, 5.74) is 1.81. The zero-order chi connectivity index (χ0) is 17.7. The molecule has 0 spiro atoms. The van der Waals surface area contributed by atoms with Crippen molar-refractivity contribution in [3.63, 3.8) is 0 Å². The number of likely N-dealkylation sites (N-methyl/N-ethyl adjacent to an activating group) is 1. The van der Waals surface area contributed by atoms with E-state index in [0.29, 0.717) is 11.3 Å². The Kier molecular flexibility index (Phi) is 5.34. The Labute approximate surface area is 141 Å². The number of carbonyl (C=O) groups is 1. The first-order chi connectivity index (χ1) is 11.3. The van der Waals surface area contributed by atoms with Gasteiger partial charge in [-0.3, -0.25) is 4.79 Å². The largest absolute Gasteiger partial charge is 0.325 e. The SMILES string of the molecule is Cc1ccc(S(=O)(=O)N(C)CC(=O)Nc2cccc(C#N)c2)cc1. The van der Waals surface area contributed by atoms with Crippen LogP contribution in [0.1, 0.15) is 11.1 Å². The number of amides is 1. The Morgan fingerprint density at radius 2 is 1.88 bits per heavy atom. The number of hydrogen-bond donors (Lipinski definition) is 1. The normalized spacial score (nSPS) is 11.1. The van der Waals surface area contributed by atoms with Crippen molar-refractivity contribution in [1.29, 1.82) is 5.26 Å². The summed E-state index contributed by atoms with van der Waals surface area (Å²) in [7, 11) is -2.39. The summed E-state index contributed by atoms with van der Waals surface area (Å²) < 4.78 is 25.9. The Morgan fingerprint density at radius 3 is 2.50 bits per heavy atom. The molecule has 24 heavy (non-hydrogen) atoms. The molecule has 0 aliphatic carbocycles. The van der Waals surface area contributed by atoms with E-state index in [1.54, 1.807) is 30.3 Å². The second kappa shape index (κ2) is 7.25. The zero-order valence-corrected chi connectivity index (χ0v) is 14.2. The molecule has 0 aromatic heterocycles. The molecule has 2 rings (SSSR count). The zero-order valence-electron chi connectivity index (χ0n) is 13.4. The van der Waals surface area contributed by atoms with Crippen LogP contribution in [0, 0.1) is 18.3 Å². The molecule has 0 fully saturated rings. The summed E-state index contributed by atoms with van der Waals surface area (Å²) in [6, 6.07) is 14.8. The molecule has 0 saturated heterocycles. The average molecular weight is 343 g/mol. The summed E-state index contributed by atoms with van der Waals surface area (Å²) in [4.78, 5) is 12.2. The van der Waals surface area contributed by atoms with Crippen molar-refractivity contribution < 1.29 is 13.2 Å². The predicted octanol–water partition coefficient (Wildman–Crippen LogP) is 2.13. The van der Waals surface area contributed by atoms with E-state index in [1.165, 1.54) is 25.2 Å². The quantitative estimate of drug-likeness (QED) is 0.900. The summed E-state index contributed by atoms with van der Waals surface area (Å²) in [5, 5.41) is 11.4. The van der Waals surface area contributed by atoms with Crippen LogP contribution in [0.5, 0.6) is 0 Å². The van der Waals surface area contributed by atoms with Gasteiger partial charge in [0.2, 0.25) is 15.9 Å². The smallest absolute Gasteiger partial charge is 0.243 e. The molecule has 124 valence electrons. The molecule has 6 nitrogen and oxygen atoms in total. The van der Waals surface area contributed by atoms with Crippen LogP contribution in [-0.2, 0) is 14.8 Å². The first-order valence-electron chi connectivity index (χ1n) is 7.16. The maximum absolute atomic E-state index is 12.4. The Balaban J connectivity index is 2.07. The van der Waals surface area contributed by atoms with Gasteiger partial charge in [0, 0.05) is 12.7 Å². The van der Waals surface area contributed by atoms with Gasteiger partial charge in [0.1, 0.15) is 0 Å². The van der Waals surface area contributed by atoms with Crippen LogP contribution in [0.4, 0.5) is 5.69 Å². The highest BCUT2D eigenvalue weighted by molar-refractivity contribution is 7.89. The van der Waals surface area contributed by atoms with E-state index in [1.807, 2.05) is 13.0 Å². The van der Waals surface area contributed by atoms with Gasteiger partial charge in [-0.2, -0.15) is 9.57 Å². The van der Waals surface area contributed by atoms with Gasteiger partial charge in [0.25, 0.3) is 0 Å². The lowest BCUT2D eigenvalue weighted by atomic mass is 10.2. The fourth-order valence-electron chi connectivity index (χ4n) is 2.04. The number of nitriles is 1.